The van der Waals surface area contributed by atoms with Crippen LogP contribution in [0.15, 0.2) is 36.4 Å². The second kappa shape index (κ2) is 9.86. The first-order chi connectivity index (χ1) is 11.5. The molecule has 2 aromatic rings. The van der Waals surface area contributed by atoms with Gasteiger partial charge in [0.2, 0.25) is 5.91 Å². The summed E-state index contributed by atoms with van der Waals surface area (Å²) in [5, 5.41) is 5.56. The molecule has 0 spiro atoms. The highest BCUT2D eigenvalue weighted by atomic mass is 35.5. The molecule has 0 unspecified atom stereocenters. The number of nitrogens with one attached hydrogen (secondary N) is 2. The van der Waals surface area contributed by atoms with Gasteiger partial charge in [-0.25, -0.2) is 4.39 Å². The maximum atomic E-state index is 13.5. The lowest BCUT2D eigenvalue weighted by Crippen LogP contribution is -2.19. The van der Waals surface area contributed by atoms with Gasteiger partial charge in [-0.05, 0) is 43.8 Å². The maximum absolute atomic E-state index is 13.5. The molecule has 2 rings (SSSR count). The Labute approximate surface area is 152 Å². The van der Waals surface area contributed by atoms with E-state index in [9.17, 15) is 9.18 Å². The lowest BCUT2D eigenvalue weighted by Gasteiger charge is -2.15. The van der Waals surface area contributed by atoms with Crippen molar-refractivity contribution >= 4 is 24.0 Å². The predicted molar refractivity (Wildman–Crippen MR) is 98.6 cm³/mol. The number of halogens is 2. The van der Waals surface area contributed by atoms with Crippen molar-refractivity contribution in [1.29, 1.82) is 0 Å². The zero-order valence-corrected chi connectivity index (χ0v) is 15.2. The van der Waals surface area contributed by atoms with Crippen LogP contribution >= 0.6 is 12.4 Å². The van der Waals surface area contributed by atoms with Crippen molar-refractivity contribution in [2.75, 3.05) is 26.0 Å². The summed E-state index contributed by atoms with van der Waals surface area (Å²) in [6, 6.07) is 9.47. The summed E-state index contributed by atoms with van der Waals surface area (Å²) in [7, 11) is 3.31. The molecule has 1 amide bonds. The Hall–Kier alpha value is -2.31. The van der Waals surface area contributed by atoms with Crippen molar-refractivity contribution in [2.24, 2.45) is 0 Å². The number of ether oxygens (including phenoxy) is 2. The number of methoxy groups -OCH3 is 1. The highest BCUT2D eigenvalue weighted by Crippen LogP contribution is 2.36. The fraction of sp³-hybridized carbons (Fsp3) is 0.278. The summed E-state index contributed by atoms with van der Waals surface area (Å²) >= 11 is 0. The molecule has 0 saturated heterocycles. The number of carbonyl (C=O) groups excluding carboxylic acids is 1. The van der Waals surface area contributed by atoms with Gasteiger partial charge in [-0.3, -0.25) is 4.79 Å². The standard InChI is InChI=1S/C18H21FN2O3.ClH/c1-12-4-6-16(17(10-12)23-3)24-15-7-5-13(19)11-14(15)21-18(22)8-9-20-2;/h4-7,10-11,20H,8-9H2,1-3H3,(H,21,22);1H. The van der Waals surface area contributed by atoms with E-state index < -0.39 is 5.82 Å². The Balaban J connectivity index is 0.00000312. The van der Waals surface area contributed by atoms with Crippen LogP contribution in [-0.4, -0.2) is 26.6 Å². The van der Waals surface area contributed by atoms with Gasteiger partial charge in [-0.15, -0.1) is 12.4 Å². The summed E-state index contributed by atoms with van der Waals surface area (Å²) in [6.45, 7) is 2.47. The number of carbonyl (C=O) groups is 1. The van der Waals surface area contributed by atoms with E-state index >= 15 is 0 Å². The van der Waals surface area contributed by atoms with Crippen LogP contribution in [0.2, 0.25) is 0 Å². The molecule has 0 heterocycles. The minimum Gasteiger partial charge on any atom is -0.493 e. The third-order valence-corrected chi connectivity index (χ3v) is 3.36. The molecule has 0 radical (unpaired) electrons. The number of anilines is 1. The molecular formula is C18H22ClFN2O3. The topological polar surface area (TPSA) is 59.6 Å². The SMILES string of the molecule is CNCCC(=O)Nc1cc(F)ccc1Oc1ccc(C)cc1OC.Cl. The zero-order valence-electron chi connectivity index (χ0n) is 14.4. The van der Waals surface area contributed by atoms with Crippen molar-refractivity contribution in [3.63, 3.8) is 0 Å². The van der Waals surface area contributed by atoms with E-state index in [-0.39, 0.29) is 30.4 Å². The number of hydrogen-bond donors (Lipinski definition) is 2. The van der Waals surface area contributed by atoms with Crippen LogP contribution < -0.4 is 20.1 Å². The molecule has 0 aliphatic rings. The van der Waals surface area contributed by atoms with E-state index in [0.29, 0.717) is 23.8 Å². The van der Waals surface area contributed by atoms with Gasteiger partial charge in [0.25, 0.3) is 0 Å². The summed E-state index contributed by atoms with van der Waals surface area (Å²) in [5.41, 5.74) is 1.30. The average molecular weight is 369 g/mol. The predicted octanol–water partition coefficient (Wildman–Crippen LogP) is 3.90. The van der Waals surface area contributed by atoms with Crippen molar-refractivity contribution in [3.8, 4) is 17.2 Å². The Morgan fingerprint density at radius 2 is 1.84 bits per heavy atom. The monoisotopic (exact) mass is 368 g/mol. The number of rotatable bonds is 7. The highest BCUT2D eigenvalue weighted by molar-refractivity contribution is 5.92. The van der Waals surface area contributed by atoms with E-state index in [0.717, 1.165) is 5.56 Å². The Kier molecular flexibility index (Phi) is 8.18. The molecule has 5 nitrogen and oxygen atoms in total. The third kappa shape index (κ3) is 5.92. The van der Waals surface area contributed by atoms with Gasteiger partial charge in [0.15, 0.2) is 17.2 Å². The summed E-state index contributed by atoms with van der Waals surface area (Å²) in [6.07, 6.45) is 0.278. The van der Waals surface area contributed by atoms with Crippen LogP contribution in [0.1, 0.15) is 12.0 Å². The zero-order chi connectivity index (χ0) is 17.5. The van der Waals surface area contributed by atoms with Gasteiger partial charge in [-0.1, -0.05) is 6.07 Å². The van der Waals surface area contributed by atoms with E-state index in [2.05, 4.69) is 10.6 Å². The molecule has 136 valence electrons. The fourth-order valence-corrected chi connectivity index (χ4v) is 2.12. The van der Waals surface area contributed by atoms with E-state index in [4.69, 9.17) is 9.47 Å². The van der Waals surface area contributed by atoms with Gasteiger partial charge in [0, 0.05) is 19.0 Å². The fourth-order valence-electron chi connectivity index (χ4n) is 2.12. The van der Waals surface area contributed by atoms with Gasteiger partial charge < -0.3 is 20.1 Å². The molecule has 0 bridgehead atoms. The largest absolute Gasteiger partial charge is 0.493 e. The normalized spacial score (nSPS) is 9.92. The third-order valence-electron chi connectivity index (χ3n) is 3.36. The molecule has 2 aromatic carbocycles. The van der Waals surface area contributed by atoms with Crippen molar-refractivity contribution < 1.29 is 18.7 Å². The van der Waals surface area contributed by atoms with Crippen LogP contribution in [0, 0.1) is 12.7 Å². The van der Waals surface area contributed by atoms with Crippen molar-refractivity contribution in [3.05, 3.63) is 47.8 Å². The van der Waals surface area contributed by atoms with Gasteiger partial charge in [0.05, 0.1) is 12.8 Å². The second-order valence-electron chi connectivity index (χ2n) is 5.30. The molecule has 0 aliphatic carbocycles. The molecule has 0 atom stereocenters. The molecule has 0 aliphatic heterocycles. The van der Waals surface area contributed by atoms with E-state index in [1.165, 1.54) is 18.2 Å². The molecule has 7 heteroatoms. The smallest absolute Gasteiger partial charge is 0.225 e. The van der Waals surface area contributed by atoms with E-state index in [1.807, 2.05) is 19.1 Å². The molecule has 25 heavy (non-hydrogen) atoms. The molecule has 0 aromatic heterocycles. The number of benzene rings is 2. The second-order valence-corrected chi connectivity index (χ2v) is 5.30. The van der Waals surface area contributed by atoms with Crippen LogP contribution in [0.4, 0.5) is 10.1 Å². The van der Waals surface area contributed by atoms with Gasteiger partial charge in [0.1, 0.15) is 5.82 Å². The first-order valence-electron chi connectivity index (χ1n) is 7.60. The number of aryl methyl sites for hydroxylation is 1. The van der Waals surface area contributed by atoms with Gasteiger partial charge in [-0.2, -0.15) is 0 Å². The molecular weight excluding hydrogens is 347 g/mol. The summed E-state index contributed by atoms with van der Waals surface area (Å²) in [4.78, 5) is 11.9. The Morgan fingerprint density at radius 3 is 2.52 bits per heavy atom. The van der Waals surface area contributed by atoms with E-state index in [1.54, 1.807) is 20.2 Å². The van der Waals surface area contributed by atoms with Crippen LogP contribution in [0.5, 0.6) is 17.2 Å². The van der Waals surface area contributed by atoms with Crippen LogP contribution in [0.3, 0.4) is 0 Å². The van der Waals surface area contributed by atoms with Crippen molar-refractivity contribution in [1.82, 2.24) is 5.32 Å². The minimum atomic E-state index is -0.456. The summed E-state index contributed by atoms with van der Waals surface area (Å²) < 4.78 is 24.7. The Morgan fingerprint density at radius 1 is 1.12 bits per heavy atom. The highest BCUT2D eigenvalue weighted by Gasteiger charge is 2.12. The quantitative estimate of drug-likeness (QED) is 0.778. The summed E-state index contributed by atoms with van der Waals surface area (Å²) in [5.74, 6) is 0.710. The number of hydrogen-bond acceptors (Lipinski definition) is 4. The van der Waals surface area contributed by atoms with Crippen LogP contribution in [-0.2, 0) is 4.79 Å². The lowest BCUT2D eigenvalue weighted by molar-refractivity contribution is -0.116. The Bertz CT molecular complexity index is 725. The van der Waals surface area contributed by atoms with Gasteiger partial charge >= 0.3 is 0 Å². The lowest BCUT2D eigenvalue weighted by atomic mass is 10.2. The van der Waals surface area contributed by atoms with Crippen LogP contribution in [0.25, 0.3) is 0 Å². The average Bonchev–Trinajstić information content (AvgIpc) is 2.56. The molecule has 0 saturated carbocycles. The van der Waals surface area contributed by atoms with Crippen molar-refractivity contribution in [2.45, 2.75) is 13.3 Å². The molecule has 2 N–H and O–H groups in total. The number of amides is 1. The minimum absolute atomic E-state index is 0. The first-order valence-corrected chi connectivity index (χ1v) is 7.60. The molecule has 0 fully saturated rings. The maximum Gasteiger partial charge on any atom is 0.225 e. The first kappa shape index (κ1) is 20.7.